The van der Waals surface area contributed by atoms with E-state index < -0.39 is 13.6 Å². The van der Waals surface area contributed by atoms with E-state index in [1.54, 1.807) is 6.07 Å². The maximum absolute atomic E-state index is 12.7. The highest BCUT2D eigenvalue weighted by Gasteiger charge is 2.24. The monoisotopic (exact) mass is 272 g/mol. The van der Waals surface area contributed by atoms with Crippen LogP contribution in [-0.4, -0.2) is 19.9 Å². The Morgan fingerprint density at radius 1 is 1.33 bits per heavy atom. The van der Waals surface area contributed by atoms with Gasteiger partial charge >= 0.3 is 7.82 Å². The van der Waals surface area contributed by atoms with E-state index in [9.17, 15) is 8.96 Å². The van der Waals surface area contributed by atoms with Gasteiger partial charge in [-0.3, -0.25) is 13.7 Å². The van der Waals surface area contributed by atoms with Gasteiger partial charge in [0.25, 0.3) is 0 Å². The van der Waals surface area contributed by atoms with Gasteiger partial charge in [-0.25, -0.2) is 8.96 Å². The molecule has 96 valence electrons. The molecule has 1 aromatic rings. The number of nitriles is 1. The molecule has 0 aliphatic carbocycles. The highest BCUT2D eigenvalue weighted by molar-refractivity contribution is 7.48. The minimum atomic E-state index is -3.79. The fourth-order valence-electron chi connectivity index (χ4n) is 0.977. The van der Waals surface area contributed by atoms with Crippen LogP contribution >= 0.6 is 7.82 Å². The Balaban J connectivity index is 2.94. The standard InChI is InChI=1S/C10H10FN2O4P/c1-15-18(14,16-2)17-13-10(7-12)8-3-5-9(11)6-4-8/h3-6H,1-2H3/b13-10+. The van der Waals surface area contributed by atoms with Crippen LogP contribution in [0.5, 0.6) is 0 Å². The summed E-state index contributed by atoms with van der Waals surface area (Å²) < 4.78 is 37.7. The molecule has 18 heavy (non-hydrogen) atoms. The average Bonchev–Trinajstić information content (AvgIpc) is 2.41. The van der Waals surface area contributed by atoms with Gasteiger partial charge in [-0.15, -0.1) is 0 Å². The largest absolute Gasteiger partial charge is 0.549 e. The van der Waals surface area contributed by atoms with E-state index in [4.69, 9.17) is 5.26 Å². The third-order valence-corrected chi connectivity index (χ3v) is 3.08. The maximum Gasteiger partial charge on any atom is 0.549 e. The predicted octanol–water partition coefficient (Wildman–Crippen LogP) is 2.47. The normalized spacial score (nSPS) is 12.0. The Morgan fingerprint density at radius 2 is 1.89 bits per heavy atom. The van der Waals surface area contributed by atoms with E-state index in [1.807, 2.05) is 0 Å². The summed E-state index contributed by atoms with van der Waals surface area (Å²) >= 11 is 0. The van der Waals surface area contributed by atoms with E-state index in [1.165, 1.54) is 12.1 Å². The lowest BCUT2D eigenvalue weighted by Crippen LogP contribution is -1.99. The van der Waals surface area contributed by atoms with Crippen molar-refractivity contribution in [3.8, 4) is 6.07 Å². The van der Waals surface area contributed by atoms with Crippen molar-refractivity contribution in [2.24, 2.45) is 5.16 Å². The number of nitrogens with zero attached hydrogens (tertiary/aromatic N) is 2. The molecule has 8 heteroatoms. The summed E-state index contributed by atoms with van der Waals surface area (Å²) in [7, 11) is -1.56. The predicted molar refractivity (Wildman–Crippen MR) is 61.3 cm³/mol. The number of hydrogen-bond acceptors (Lipinski definition) is 6. The second kappa shape index (κ2) is 6.26. The van der Waals surface area contributed by atoms with E-state index >= 15 is 0 Å². The van der Waals surface area contributed by atoms with Crippen molar-refractivity contribution in [1.29, 1.82) is 5.26 Å². The van der Waals surface area contributed by atoms with Crippen LogP contribution in [0.2, 0.25) is 0 Å². The molecular formula is C10H10FN2O4P. The van der Waals surface area contributed by atoms with Crippen LogP contribution < -0.4 is 0 Å². The molecule has 0 unspecified atom stereocenters. The fraction of sp³-hybridized carbons (Fsp3) is 0.200. The van der Waals surface area contributed by atoms with Crippen molar-refractivity contribution in [2.45, 2.75) is 0 Å². The van der Waals surface area contributed by atoms with Crippen LogP contribution in [-0.2, 0) is 18.2 Å². The third-order valence-electron chi connectivity index (χ3n) is 1.90. The molecule has 0 saturated carbocycles. The first-order chi connectivity index (χ1) is 8.54. The van der Waals surface area contributed by atoms with Crippen molar-refractivity contribution in [1.82, 2.24) is 0 Å². The summed E-state index contributed by atoms with van der Waals surface area (Å²) in [4.78, 5) is 0. The molecule has 6 nitrogen and oxygen atoms in total. The van der Waals surface area contributed by atoms with E-state index in [0.717, 1.165) is 26.4 Å². The average molecular weight is 272 g/mol. The first-order valence-electron chi connectivity index (χ1n) is 4.69. The lowest BCUT2D eigenvalue weighted by Gasteiger charge is -2.09. The first-order valence-corrected chi connectivity index (χ1v) is 6.15. The fourth-order valence-corrected chi connectivity index (χ4v) is 1.44. The Hall–Kier alpha value is -1.74. The lowest BCUT2D eigenvalue weighted by molar-refractivity contribution is 0.157. The minimum absolute atomic E-state index is 0.177. The van der Waals surface area contributed by atoms with Gasteiger partial charge < -0.3 is 0 Å². The van der Waals surface area contributed by atoms with Gasteiger partial charge in [-0.2, -0.15) is 5.26 Å². The molecule has 1 rings (SSSR count). The topological polar surface area (TPSA) is 80.9 Å². The molecule has 0 N–H and O–H groups in total. The van der Waals surface area contributed by atoms with Gasteiger partial charge in [0, 0.05) is 19.8 Å². The molecule has 0 saturated heterocycles. The van der Waals surface area contributed by atoms with Crippen molar-refractivity contribution in [3.05, 3.63) is 35.6 Å². The van der Waals surface area contributed by atoms with Gasteiger partial charge in [0.1, 0.15) is 11.9 Å². The van der Waals surface area contributed by atoms with Gasteiger partial charge in [0.15, 0.2) is 5.71 Å². The molecule has 0 atom stereocenters. The highest BCUT2D eigenvalue weighted by atomic mass is 31.2. The zero-order chi connectivity index (χ0) is 13.6. The van der Waals surface area contributed by atoms with Crippen LogP contribution in [0, 0.1) is 17.1 Å². The number of halogens is 1. The third kappa shape index (κ3) is 3.64. The molecule has 0 aliphatic rings. The number of hydrogen-bond donors (Lipinski definition) is 0. The minimum Gasteiger partial charge on any atom is -0.291 e. The first kappa shape index (κ1) is 14.3. The zero-order valence-electron chi connectivity index (χ0n) is 9.66. The van der Waals surface area contributed by atoms with Crippen LogP contribution in [0.1, 0.15) is 5.56 Å². The van der Waals surface area contributed by atoms with Crippen molar-refractivity contribution in [3.63, 3.8) is 0 Å². The Morgan fingerprint density at radius 3 is 2.33 bits per heavy atom. The smallest absolute Gasteiger partial charge is 0.291 e. The van der Waals surface area contributed by atoms with Crippen LogP contribution in [0.4, 0.5) is 4.39 Å². The van der Waals surface area contributed by atoms with E-state index in [0.29, 0.717) is 5.56 Å². The van der Waals surface area contributed by atoms with Crippen LogP contribution in [0.25, 0.3) is 0 Å². The lowest BCUT2D eigenvalue weighted by atomic mass is 10.1. The molecule has 0 fully saturated rings. The molecule has 0 aliphatic heterocycles. The number of oxime groups is 1. The van der Waals surface area contributed by atoms with Crippen LogP contribution in [0.3, 0.4) is 0 Å². The summed E-state index contributed by atoms with van der Waals surface area (Å²) in [5.41, 5.74) is 0.141. The zero-order valence-corrected chi connectivity index (χ0v) is 10.6. The van der Waals surface area contributed by atoms with Crippen molar-refractivity contribution >= 4 is 13.5 Å². The Kier molecular flexibility index (Phi) is 4.98. The summed E-state index contributed by atoms with van der Waals surface area (Å²) in [5, 5.41) is 12.2. The van der Waals surface area contributed by atoms with Gasteiger partial charge in [-0.05, 0) is 24.3 Å². The molecule has 0 heterocycles. The van der Waals surface area contributed by atoms with Crippen LogP contribution in [0.15, 0.2) is 29.4 Å². The molecule has 0 aromatic heterocycles. The SMILES string of the molecule is COP(=O)(OC)O/N=C(\C#N)c1ccc(F)cc1. The second-order valence-corrected chi connectivity index (χ2v) is 4.74. The molecule has 0 amide bonds. The quantitative estimate of drug-likeness (QED) is 0.467. The maximum atomic E-state index is 12.7. The Labute approximate surface area is 103 Å². The van der Waals surface area contributed by atoms with Gasteiger partial charge in [0.2, 0.25) is 0 Å². The Bertz CT molecular complexity index is 516. The summed E-state index contributed by atoms with van der Waals surface area (Å²) in [6.07, 6.45) is 0. The molecule has 0 radical (unpaired) electrons. The number of rotatable bonds is 5. The summed E-state index contributed by atoms with van der Waals surface area (Å²) in [6.45, 7) is 0. The molecule has 0 bridgehead atoms. The summed E-state index contributed by atoms with van der Waals surface area (Å²) in [6, 6.07) is 6.73. The number of benzene rings is 1. The molecular weight excluding hydrogens is 262 g/mol. The van der Waals surface area contributed by atoms with Gasteiger partial charge in [-0.1, -0.05) is 5.16 Å². The second-order valence-electron chi connectivity index (χ2n) is 2.95. The van der Waals surface area contributed by atoms with E-state index in [-0.39, 0.29) is 5.71 Å². The molecule has 1 aromatic carbocycles. The van der Waals surface area contributed by atoms with Crippen molar-refractivity contribution < 1.29 is 22.6 Å². The molecule has 0 spiro atoms. The van der Waals surface area contributed by atoms with Crippen molar-refractivity contribution in [2.75, 3.05) is 14.2 Å². The number of phosphoric acid groups is 1. The summed E-state index contributed by atoms with van der Waals surface area (Å²) in [5.74, 6) is -0.448. The van der Waals surface area contributed by atoms with E-state index in [2.05, 4.69) is 18.8 Å². The number of phosphoric ester groups is 1. The van der Waals surface area contributed by atoms with Gasteiger partial charge in [0.05, 0.1) is 0 Å². The highest BCUT2D eigenvalue weighted by Crippen LogP contribution is 2.47.